The molecule has 3 nitrogen and oxygen atoms in total. The molecule has 0 saturated heterocycles. The summed E-state index contributed by atoms with van der Waals surface area (Å²) in [6.45, 7) is 0. The van der Waals surface area contributed by atoms with Crippen LogP contribution in [0.25, 0.3) is 0 Å². The number of benzene rings is 1. The molecular weight excluding hydrogens is 274 g/mol. The SMILES string of the molecule is O=C(NC(c1ccccc1)c1ccco1)C1CC2CCC1C2. The Labute approximate surface area is 130 Å². The molecule has 4 atom stereocenters. The maximum absolute atomic E-state index is 12.8. The van der Waals surface area contributed by atoms with Gasteiger partial charge in [0.05, 0.1) is 6.26 Å². The van der Waals surface area contributed by atoms with Gasteiger partial charge < -0.3 is 9.73 Å². The van der Waals surface area contributed by atoms with Crippen LogP contribution in [0.2, 0.25) is 0 Å². The van der Waals surface area contributed by atoms with E-state index in [1.165, 1.54) is 19.3 Å². The van der Waals surface area contributed by atoms with Crippen LogP contribution in [0.4, 0.5) is 0 Å². The van der Waals surface area contributed by atoms with Crippen LogP contribution >= 0.6 is 0 Å². The van der Waals surface area contributed by atoms with E-state index in [0.29, 0.717) is 5.92 Å². The number of carbonyl (C=O) groups is 1. The van der Waals surface area contributed by atoms with Gasteiger partial charge in [-0.25, -0.2) is 0 Å². The van der Waals surface area contributed by atoms with Gasteiger partial charge in [0.2, 0.25) is 5.91 Å². The number of rotatable bonds is 4. The van der Waals surface area contributed by atoms with Crippen LogP contribution in [0.3, 0.4) is 0 Å². The van der Waals surface area contributed by atoms with Crippen molar-refractivity contribution in [2.45, 2.75) is 31.7 Å². The molecule has 1 N–H and O–H groups in total. The molecule has 2 saturated carbocycles. The third kappa shape index (κ3) is 2.45. The van der Waals surface area contributed by atoms with Crippen molar-refractivity contribution in [3.05, 3.63) is 60.1 Å². The molecule has 2 aromatic rings. The van der Waals surface area contributed by atoms with Crippen molar-refractivity contribution in [2.75, 3.05) is 0 Å². The van der Waals surface area contributed by atoms with Gasteiger partial charge in [0.1, 0.15) is 11.8 Å². The third-order valence-corrected chi connectivity index (χ3v) is 5.32. The summed E-state index contributed by atoms with van der Waals surface area (Å²) in [6, 6.07) is 13.7. The Balaban J connectivity index is 1.55. The fraction of sp³-hybridized carbons (Fsp3) is 0.421. The van der Waals surface area contributed by atoms with Crippen LogP contribution in [0.1, 0.15) is 43.0 Å². The molecule has 0 aliphatic heterocycles. The standard InChI is InChI=1S/C19H21NO2/c21-19(16-12-13-8-9-15(16)11-13)20-18(17-7-4-10-22-17)14-5-2-1-3-6-14/h1-7,10,13,15-16,18H,8-9,11-12H2,(H,20,21). The largest absolute Gasteiger partial charge is 0.467 e. The Morgan fingerprint density at radius 3 is 2.59 bits per heavy atom. The molecule has 4 unspecified atom stereocenters. The van der Waals surface area contributed by atoms with E-state index >= 15 is 0 Å². The van der Waals surface area contributed by atoms with E-state index < -0.39 is 0 Å². The zero-order chi connectivity index (χ0) is 14.9. The predicted octanol–water partition coefficient (Wildman–Crippen LogP) is 3.92. The Kier molecular flexibility index (Phi) is 3.49. The summed E-state index contributed by atoms with van der Waals surface area (Å²) in [6.07, 6.45) is 6.51. The van der Waals surface area contributed by atoms with Gasteiger partial charge in [0.15, 0.2) is 0 Å². The van der Waals surface area contributed by atoms with Gasteiger partial charge in [-0.15, -0.1) is 0 Å². The molecular formula is C19H21NO2. The second-order valence-corrected chi connectivity index (χ2v) is 6.65. The van der Waals surface area contributed by atoms with Crippen LogP contribution in [0, 0.1) is 17.8 Å². The molecule has 0 spiro atoms. The van der Waals surface area contributed by atoms with Crippen LogP contribution in [0.15, 0.2) is 53.1 Å². The van der Waals surface area contributed by atoms with Crippen molar-refractivity contribution in [2.24, 2.45) is 17.8 Å². The second kappa shape index (κ2) is 5.64. The maximum atomic E-state index is 12.8. The fourth-order valence-electron chi connectivity index (χ4n) is 4.23. The summed E-state index contributed by atoms with van der Waals surface area (Å²) in [5.41, 5.74) is 1.06. The third-order valence-electron chi connectivity index (χ3n) is 5.32. The summed E-state index contributed by atoms with van der Waals surface area (Å²) < 4.78 is 5.56. The molecule has 2 aliphatic carbocycles. The minimum atomic E-state index is -0.192. The lowest BCUT2D eigenvalue weighted by Gasteiger charge is -2.24. The van der Waals surface area contributed by atoms with Crippen LogP contribution in [-0.2, 0) is 4.79 Å². The normalized spacial score (nSPS) is 27.7. The van der Waals surface area contributed by atoms with E-state index in [9.17, 15) is 4.79 Å². The monoisotopic (exact) mass is 295 g/mol. The zero-order valence-electron chi connectivity index (χ0n) is 12.6. The number of amides is 1. The van der Waals surface area contributed by atoms with E-state index in [1.54, 1.807) is 6.26 Å². The molecule has 1 aromatic heterocycles. The molecule has 114 valence electrons. The van der Waals surface area contributed by atoms with Crippen molar-refractivity contribution >= 4 is 5.91 Å². The summed E-state index contributed by atoms with van der Waals surface area (Å²) >= 11 is 0. The molecule has 4 rings (SSSR count). The van der Waals surface area contributed by atoms with Gasteiger partial charge in [0, 0.05) is 5.92 Å². The predicted molar refractivity (Wildman–Crippen MR) is 84.1 cm³/mol. The molecule has 2 fully saturated rings. The zero-order valence-corrected chi connectivity index (χ0v) is 12.6. The van der Waals surface area contributed by atoms with E-state index in [4.69, 9.17) is 4.42 Å². The number of furan rings is 1. The first-order chi connectivity index (χ1) is 10.8. The molecule has 3 heteroatoms. The first-order valence-electron chi connectivity index (χ1n) is 8.20. The van der Waals surface area contributed by atoms with Gasteiger partial charge in [-0.1, -0.05) is 36.8 Å². The van der Waals surface area contributed by atoms with E-state index in [2.05, 4.69) is 5.32 Å². The highest BCUT2D eigenvalue weighted by Crippen LogP contribution is 2.48. The van der Waals surface area contributed by atoms with Gasteiger partial charge in [-0.2, -0.15) is 0 Å². The fourth-order valence-corrected chi connectivity index (χ4v) is 4.23. The number of hydrogen-bond donors (Lipinski definition) is 1. The lowest BCUT2D eigenvalue weighted by Crippen LogP contribution is -2.36. The van der Waals surface area contributed by atoms with Crippen LogP contribution in [0.5, 0.6) is 0 Å². The molecule has 1 amide bonds. The highest BCUT2D eigenvalue weighted by molar-refractivity contribution is 5.80. The summed E-state index contributed by atoms with van der Waals surface area (Å²) in [4.78, 5) is 12.8. The molecule has 1 heterocycles. The number of hydrogen-bond acceptors (Lipinski definition) is 2. The molecule has 2 aliphatic rings. The molecule has 1 aromatic carbocycles. The Hall–Kier alpha value is -2.03. The minimum absolute atomic E-state index is 0.192. The first kappa shape index (κ1) is 13.6. The summed E-state index contributed by atoms with van der Waals surface area (Å²) in [5, 5.41) is 3.23. The smallest absolute Gasteiger partial charge is 0.224 e. The second-order valence-electron chi connectivity index (χ2n) is 6.65. The Morgan fingerprint density at radius 1 is 1.09 bits per heavy atom. The van der Waals surface area contributed by atoms with Crippen molar-refractivity contribution in [1.29, 1.82) is 0 Å². The quantitative estimate of drug-likeness (QED) is 0.929. The van der Waals surface area contributed by atoms with Gasteiger partial charge in [0.25, 0.3) is 0 Å². The average Bonchev–Trinajstić information content (AvgIpc) is 3.30. The van der Waals surface area contributed by atoms with E-state index in [0.717, 1.165) is 23.7 Å². The van der Waals surface area contributed by atoms with Crippen LogP contribution in [-0.4, -0.2) is 5.91 Å². The van der Waals surface area contributed by atoms with Crippen molar-refractivity contribution in [3.8, 4) is 0 Å². The lowest BCUT2D eigenvalue weighted by molar-refractivity contribution is -0.127. The highest BCUT2D eigenvalue weighted by Gasteiger charge is 2.43. The Bertz CT molecular complexity index is 635. The van der Waals surface area contributed by atoms with Gasteiger partial charge in [-0.3, -0.25) is 4.79 Å². The molecule has 22 heavy (non-hydrogen) atoms. The highest BCUT2D eigenvalue weighted by atomic mass is 16.3. The lowest BCUT2D eigenvalue weighted by atomic mass is 9.87. The number of fused-ring (bicyclic) bond motifs is 2. The van der Waals surface area contributed by atoms with Gasteiger partial charge >= 0.3 is 0 Å². The van der Waals surface area contributed by atoms with Crippen molar-refractivity contribution < 1.29 is 9.21 Å². The van der Waals surface area contributed by atoms with Crippen LogP contribution < -0.4 is 5.32 Å². The number of nitrogens with one attached hydrogen (secondary N) is 1. The van der Waals surface area contributed by atoms with Gasteiger partial charge in [-0.05, 0) is 48.8 Å². The average molecular weight is 295 g/mol. The Morgan fingerprint density at radius 2 is 1.95 bits per heavy atom. The first-order valence-corrected chi connectivity index (χ1v) is 8.20. The summed E-state index contributed by atoms with van der Waals surface area (Å²) in [5.74, 6) is 2.55. The number of carbonyl (C=O) groups excluding carboxylic acids is 1. The summed E-state index contributed by atoms with van der Waals surface area (Å²) in [7, 11) is 0. The van der Waals surface area contributed by atoms with E-state index in [-0.39, 0.29) is 17.9 Å². The molecule has 2 bridgehead atoms. The van der Waals surface area contributed by atoms with E-state index in [1.807, 2.05) is 42.5 Å². The molecule has 0 radical (unpaired) electrons. The topological polar surface area (TPSA) is 42.2 Å². The van der Waals surface area contributed by atoms with Crippen molar-refractivity contribution in [3.63, 3.8) is 0 Å². The van der Waals surface area contributed by atoms with Crippen molar-refractivity contribution in [1.82, 2.24) is 5.32 Å². The minimum Gasteiger partial charge on any atom is -0.467 e. The maximum Gasteiger partial charge on any atom is 0.224 e.